The molecule has 0 aromatic carbocycles. The number of rotatable bonds is 3. The van der Waals surface area contributed by atoms with E-state index in [1.54, 1.807) is 0 Å². The van der Waals surface area contributed by atoms with Gasteiger partial charge in [-0.05, 0) is 30.1 Å². The normalized spacial score (nSPS) is 29.3. The Morgan fingerprint density at radius 3 is 2.06 bits per heavy atom. The zero-order valence-corrected chi connectivity index (χ0v) is 10.8. The molecule has 0 aromatic heterocycles. The van der Waals surface area contributed by atoms with Crippen molar-refractivity contribution in [1.29, 1.82) is 0 Å². The summed E-state index contributed by atoms with van der Waals surface area (Å²) < 4.78 is 0. The maximum Gasteiger partial charge on any atom is 0.224 e. The average molecular weight is 225 g/mol. The number of amides is 1. The van der Waals surface area contributed by atoms with E-state index in [9.17, 15) is 9.90 Å². The first-order chi connectivity index (χ1) is 7.21. The monoisotopic (exact) mass is 225 g/mol. The quantitative estimate of drug-likeness (QED) is 0.768. The number of nitrogens with one attached hydrogen (secondary N) is 1. The van der Waals surface area contributed by atoms with Crippen molar-refractivity contribution in [3.63, 3.8) is 0 Å². The van der Waals surface area contributed by atoms with Crippen LogP contribution in [0, 0.1) is 16.7 Å². The third kappa shape index (κ3) is 1.56. The molecule has 0 saturated heterocycles. The molecule has 0 atom stereocenters. The van der Waals surface area contributed by atoms with Crippen LogP contribution in [0.4, 0.5) is 0 Å². The van der Waals surface area contributed by atoms with Gasteiger partial charge in [-0.25, -0.2) is 0 Å². The minimum absolute atomic E-state index is 0.0827. The van der Waals surface area contributed by atoms with Crippen LogP contribution in [0.25, 0.3) is 0 Å². The molecule has 0 aliphatic heterocycles. The van der Waals surface area contributed by atoms with Gasteiger partial charge < -0.3 is 10.4 Å². The Bertz CT molecular complexity index is 302. The molecule has 2 saturated carbocycles. The summed E-state index contributed by atoms with van der Waals surface area (Å²) in [7, 11) is 0. The highest BCUT2D eigenvalue weighted by Crippen LogP contribution is 2.68. The molecule has 2 aliphatic rings. The first-order valence-corrected chi connectivity index (χ1v) is 6.21. The maximum absolute atomic E-state index is 12.0. The highest BCUT2D eigenvalue weighted by atomic mass is 16.3. The van der Waals surface area contributed by atoms with Crippen molar-refractivity contribution in [3.8, 4) is 0 Å². The second-order valence-electron chi connectivity index (χ2n) is 6.67. The molecule has 2 rings (SSSR count). The smallest absolute Gasteiger partial charge is 0.224 e. The highest BCUT2D eigenvalue weighted by Gasteiger charge is 2.68. The molecule has 1 amide bonds. The summed E-state index contributed by atoms with van der Waals surface area (Å²) in [6.07, 6.45) is 2.72. The summed E-state index contributed by atoms with van der Waals surface area (Å²) in [5, 5.41) is 12.8. The van der Waals surface area contributed by atoms with Gasteiger partial charge in [0.2, 0.25) is 5.91 Å². The van der Waals surface area contributed by atoms with Crippen LogP contribution < -0.4 is 5.32 Å². The fraction of sp³-hybridized carbons (Fsp3) is 0.923. The second-order valence-corrected chi connectivity index (χ2v) is 6.67. The molecule has 3 heteroatoms. The van der Waals surface area contributed by atoms with Crippen LogP contribution in [0.2, 0.25) is 0 Å². The lowest BCUT2D eigenvalue weighted by Crippen LogP contribution is -2.48. The Balaban J connectivity index is 1.86. The fourth-order valence-electron chi connectivity index (χ4n) is 2.97. The predicted molar refractivity (Wildman–Crippen MR) is 62.9 cm³/mol. The van der Waals surface area contributed by atoms with Crippen molar-refractivity contribution in [1.82, 2.24) is 5.32 Å². The summed E-state index contributed by atoms with van der Waals surface area (Å²) in [4.78, 5) is 12.0. The summed E-state index contributed by atoms with van der Waals surface area (Å²) in [6, 6.07) is 0. The largest absolute Gasteiger partial charge is 0.388 e. The Kier molecular flexibility index (Phi) is 2.40. The number of aliphatic hydroxyl groups is 1. The molecule has 0 spiro atoms. The summed E-state index contributed by atoms with van der Waals surface area (Å²) in [6.45, 7) is 8.96. The zero-order chi connectivity index (χ0) is 12.2. The Labute approximate surface area is 97.6 Å². The molecule has 3 nitrogen and oxygen atoms in total. The Hall–Kier alpha value is -0.570. The van der Waals surface area contributed by atoms with E-state index in [4.69, 9.17) is 0 Å². The molecule has 0 aromatic rings. The average Bonchev–Trinajstić information content (AvgIpc) is 2.51. The van der Waals surface area contributed by atoms with Crippen molar-refractivity contribution in [2.24, 2.45) is 16.7 Å². The first-order valence-electron chi connectivity index (χ1n) is 6.21. The second kappa shape index (κ2) is 3.22. The van der Waals surface area contributed by atoms with Crippen LogP contribution >= 0.6 is 0 Å². The highest BCUT2D eigenvalue weighted by molar-refractivity contribution is 5.84. The van der Waals surface area contributed by atoms with Crippen molar-refractivity contribution < 1.29 is 9.90 Å². The van der Waals surface area contributed by atoms with Crippen LogP contribution in [-0.2, 0) is 4.79 Å². The van der Waals surface area contributed by atoms with Gasteiger partial charge >= 0.3 is 0 Å². The van der Waals surface area contributed by atoms with E-state index in [0.29, 0.717) is 6.54 Å². The van der Waals surface area contributed by atoms with Gasteiger partial charge in [-0.1, -0.05) is 27.7 Å². The van der Waals surface area contributed by atoms with E-state index >= 15 is 0 Å². The minimum atomic E-state index is -0.612. The first kappa shape index (κ1) is 11.9. The van der Waals surface area contributed by atoms with Crippen molar-refractivity contribution in [3.05, 3.63) is 0 Å². The lowest BCUT2D eigenvalue weighted by Gasteiger charge is -2.36. The number of hydrogen-bond acceptors (Lipinski definition) is 2. The Morgan fingerprint density at radius 1 is 1.25 bits per heavy atom. The molecule has 16 heavy (non-hydrogen) atoms. The van der Waals surface area contributed by atoms with Crippen LogP contribution in [0.1, 0.15) is 47.0 Å². The summed E-state index contributed by atoms with van der Waals surface area (Å²) in [5.41, 5.74) is -0.447. The molecule has 0 bridgehead atoms. The van der Waals surface area contributed by atoms with Gasteiger partial charge in [0.25, 0.3) is 0 Å². The standard InChI is InChI=1S/C13H23NO2/c1-11(2)9(12(11,3)4)10(15)14-8-13(16)6-5-7-13/h9,16H,5-8H2,1-4H3,(H,14,15). The van der Waals surface area contributed by atoms with E-state index < -0.39 is 5.60 Å². The van der Waals surface area contributed by atoms with Gasteiger partial charge in [-0.15, -0.1) is 0 Å². The summed E-state index contributed by atoms with van der Waals surface area (Å²) >= 11 is 0. The SMILES string of the molecule is CC1(C)C(C(=O)NCC2(O)CCC2)C1(C)C. The third-order valence-corrected chi connectivity index (χ3v) is 5.16. The van der Waals surface area contributed by atoms with Gasteiger partial charge in [0.15, 0.2) is 0 Å². The van der Waals surface area contributed by atoms with E-state index in [0.717, 1.165) is 19.3 Å². The molecule has 2 fully saturated rings. The van der Waals surface area contributed by atoms with Crippen LogP contribution in [0.5, 0.6) is 0 Å². The topological polar surface area (TPSA) is 49.3 Å². The van der Waals surface area contributed by atoms with E-state index in [1.807, 2.05) is 0 Å². The lowest BCUT2D eigenvalue weighted by molar-refractivity contribution is -0.125. The number of hydrogen-bond donors (Lipinski definition) is 2. The van der Waals surface area contributed by atoms with Crippen LogP contribution in [0.3, 0.4) is 0 Å². The number of carbonyl (C=O) groups is 1. The third-order valence-electron chi connectivity index (χ3n) is 5.16. The molecule has 2 aliphatic carbocycles. The van der Waals surface area contributed by atoms with E-state index in [1.165, 1.54) is 0 Å². The zero-order valence-electron chi connectivity index (χ0n) is 10.8. The molecular weight excluding hydrogens is 202 g/mol. The summed E-state index contributed by atoms with van der Waals surface area (Å²) in [5.74, 6) is 0.194. The molecule has 92 valence electrons. The molecule has 0 heterocycles. The van der Waals surface area contributed by atoms with Crippen LogP contribution in [-0.4, -0.2) is 23.2 Å². The van der Waals surface area contributed by atoms with Gasteiger partial charge in [0.1, 0.15) is 0 Å². The van der Waals surface area contributed by atoms with Gasteiger partial charge in [0, 0.05) is 12.5 Å². The number of carbonyl (C=O) groups excluding carboxylic acids is 1. The molecular formula is C13H23NO2. The minimum Gasteiger partial charge on any atom is -0.388 e. The van der Waals surface area contributed by atoms with Crippen molar-refractivity contribution >= 4 is 5.91 Å². The fourth-order valence-corrected chi connectivity index (χ4v) is 2.97. The molecule has 0 unspecified atom stereocenters. The van der Waals surface area contributed by atoms with Gasteiger partial charge in [0.05, 0.1) is 5.60 Å². The van der Waals surface area contributed by atoms with E-state index in [2.05, 4.69) is 33.0 Å². The molecule has 0 radical (unpaired) electrons. The Morgan fingerprint density at radius 2 is 1.75 bits per heavy atom. The van der Waals surface area contributed by atoms with Gasteiger partial charge in [-0.3, -0.25) is 4.79 Å². The van der Waals surface area contributed by atoms with Crippen molar-refractivity contribution in [2.75, 3.05) is 6.54 Å². The van der Waals surface area contributed by atoms with Gasteiger partial charge in [-0.2, -0.15) is 0 Å². The predicted octanol–water partition coefficient (Wildman–Crippen LogP) is 1.70. The molecule has 2 N–H and O–H groups in total. The van der Waals surface area contributed by atoms with Crippen LogP contribution in [0.15, 0.2) is 0 Å². The van der Waals surface area contributed by atoms with E-state index in [-0.39, 0.29) is 22.7 Å². The maximum atomic E-state index is 12.0. The lowest BCUT2D eigenvalue weighted by atomic mass is 9.80. The van der Waals surface area contributed by atoms with Crippen molar-refractivity contribution in [2.45, 2.75) is 52.6 Å².